The van der Waals surface area contributed by atoms with Crippen molar-refractivity contribution >= 4 is 29.6 Å². The Morgan fingerprint density at radius 3 is 2.61 bits per heavy atom. The quantitative estimate of drug-likeness (QED) is 0.538. The van der Waals surface area contributed by atoms with Crippen LogP contribution in [0.1, 0.15) is 22.8 Å². The number of nitrogens with one attached hydrogen (secondary N) is 1. The second kappa shape index (κ2) is 10.3. The van der Waals surface area contributed by atoms with Crippen molar-refractivity contribution < 1.29 is 19.1 Å². The minimum absolute atomic E-state index is 0.164. The highest BCUT2D eigenvalue weighted by Gasteiger charge is 2.15. The predicted octanol–water partition coefficient (Wildman–Crippen LogP) is 2.36. The minimum atomic E-state index is -0.364. The number of nitrogens with zero attached hydrogens (tertiary/aromatic N) is 3. The molecule has 0 unspecified atom stereocenters. The van der Waals surface area contributed by atoms with E-state index in [-0.39, 0.29) is 29.2 Å². The Hall–Kier alpha value is -3.13. The van der Waals surface area contributed by atoms with Gasteiger partial charge in [-0.2, -0.15) is 5.10 Å². The number of benzene rings is 1. The number of pyridine rings is 1. The molecule has 0 spiro atoms. The van der Waals surface area contributed by atoms with Crippen molar-refractivity contribution in [1.82, 2.24) is 15.3 Å². The third kappa shape index (κ3) is 5.95. The van der Waals surface area contributed by atoms with Crippen LogP contribution in [-0.4, -0.2) is 55.2 Å². The molecular weight excluding hydrogens is 384 g/mol. The lowest BCUT2D eigenvalue weighted by Crippen LogP contribution is -2.27. The Balaban J connectivity index is 2.12. The van der Waals surface area contributed by atoms with Gasteiger partial charge in [0.05, 0.1) is 17.8 Å². The molecule has 0 aliphatic rings. The van der Waals surface area contributed by atoms with Crippen LogP contribution in [0.25, 0.3) is 0 Å². The van der Waals surface area contributed by atoms with Crippen molar-refractivity contribution in [1.29, 1.82) is 0 Å². The summed E-state index contributed by atoms with van der Waals surface area (Å²) in [5.41, 5.74) is 3.45. The van der Waals surface area contributed by atoms with Crippen LogP contribution in [0.2, 0.25) is 5.02 Å². The Morgan fingerprint density at radius 1 is 1.25 bits per heavy atom. The number of amides is 2. The third-order valence-corrected chi connectivity index (χ3v) is 3.77. The highest BCUT2D eigenvalue weighted by Crippen LogP contribution is 2.36. The maximum Gasteiger partial charge on any atom is 0.271 e. The van der Waals surface area contributed by atoms with Crippen molar-refractivity contribution in [3.63, 3.8) is 0 Å². The van der Waals surface area contributed by atoms with Crippen molar-refractivity contribution in [2.24, 2.45) is 5.10 Å². The molecule has 2 aromatic rings. The van der Waals surface area contributed by atoms with E-state index < -0.39 is 0 Å². The molecule has 0 aliphatic carbocycles. The average molecular weight is 405 g/mol. The maximum absolute atomic E-state index is 12.0. The van der Waals surface area contributed by atoms with Gasteiger partial charge in [-0.15, -0.1) is 0 Å². The molecule has 28 heavy (non-hydrogen) atoms. The van der Waals surface area contributed by atoms with Gasteiger partial charge in [0.25, 0.3) is 11.8 Å². The molecule has 0 saturated heterocycles. The average Bonchev–Trinajstić information content (AvgIpc) is 2.68. The van der Waals surface area contributed by atoms with E-state index in [9.17, 15) is 9.59 Å². The number of likely N-dealkylation sites (N-methyl/N-ethyl adjacent to an activating group) is 1. The molecule has 9 heteroatoms. The lowest BCUT2D eigenvalue weighted by atomic mass is 10.2. The summed E-state index contributed by atoms with van der Waals surface area (Å²) in [7, 11) is 3.27. The summed E-state index contributed by atoms with van der Waals surface area (Å²) in [5.74, 6) is 0.0834. The smallest absolute Gasteiger partial charge is 0.271 e. The van der Waals surface area contributed by atoms with Gasteiger partial charge in [-0.25, -0.2) is 5.43 Å². The first kappa shape index (κ1) is 21.2. The van der Waals surface area contributed by atoms with Crippen LogP contribution in [0.3, 0.4) is 0 Å². The SMILES string of the molecule is CCOc1cc(/C=N\NC(=O)c2ccncc2)cc(Cl)c1OCC(=O)N(C)C. The molecule has 1 N–H and O–H groups in total. The van der Waals surface area contributed by atoms with Gasteiger partial charge in [-0.05, 0) is 36.8 Å². The molecule has 0 bridgehead atoms. The lowest BCUT2D eigenvalue weighted by Gasteiger charge is -2.16. The van der Waals surface area contributed by atoms with Crippen LogP contribution in [0.5, 0.6) is 11.5 Å². The van der Waals surface area contributed by atoms with Gasteiger partial charge in [0, 0.05) is 32.1 Å². The number of carbonyl (C=O) groups is 2. The van der Waals surface area contributed by atoms with Gasteiger partial charge >= 0.3 is 0 Å². The van der Waals surface area contributed by atoms with Crippen molar-refractivity contribution in [2.75, 3.05) is 27.3 Å². The molecule has 8 nitrogen and oxygen atoms in total. The van der Waals surface area contributed by atoms with Gasteiger partial charge in [0.15, 0.2) is 18.1 Å². The molecule has 1 aromatic carbocycles. The zero-order chi connectivity index (χ0) is 20.5. The van der Waals surface area contributed by atoms with E-state index in [1.165, 1.54) is 23.5 Å². The van der Waals surface area contributed by atoms with E-state index in [0.29, 0.717) is 23.5 Å². The van der Waals surface area contributed by atoms with Crippen molar-refractivity contribution in [3.05, 3.63) is 52.8 Å². The molecule has 0 fully saturated rings. The summed E-state index contributed by atoms with van der Waals surface area (Å²) < 4.78 is 11.1. The second-order valence-electron chi connectivity index (χ2n) is 5.77. The number of halogens is 1. The Labute approximate surface area is 168 Å². The molecule has 2 amide bonds. The van der Waals surface area contributed by atoms with Crippen LogP contribution in [0.4, 0.5) is 0 Å². The Morgan fingerprint density at radius 2 is 1.96 bits per heavy atom. The molecule has 1 aromatic heterocycles. The molecule has 0 saturated carbocycles. The van der Waals surface area contributed by atoms with Gasteiger partial charge in [-0.1, -0.05) is 11.6 Å². The molecule has 148 valence electrons. The highest BCUT2D eigenvalue weighted by molar-refractivity contribution is 6.32. The van der Waals surface area contributed by atoms with Gasteiger partial charge in [0.2, 0.25) is 0 Å². The largest absolute Gasteiger partial charge is 0.490 e. The van der Waals surface area contributed by atoms with Gasteiger partial charge in [0.1, 0.15) is 0 Å². The first-order valence-corrected chi connectivity index (χ1v) is 8.83. The van der Waals surface area contributed by atoms with Gasteiger partial charge in [-0.3, -0.25) is 14.6 Å². The summed E-state index contributed by atoms with van der Waals surface area (Å²) >= 11 is 6.28. The molecule has 0 atom stereocenters. The van der Waals surface area contributed by atoms with E-state index in [0.717, 1.165) is 0 Å². The zero-order valence-corrected chi connectivity index (χ0v) is 16.6. The van der Waals surface area contributed by atoms with Crippen LogP contribution in [0.15, 0.2) is 41.8 Å². The summed E-state index contributed by atoms with van der Waals surface area (Å²) in [5, 5.41) is 4.19. The molecular formula is C19H21ClN4O4. The van der Waals surface area contributed by atoms with Crippen molar-refractivity contribution in [2.45, 2.75) is 6.92 Å². The number of hydrogen-bond donors (Lipinski definition) is 1. The second-order valence-corrected chi connectivity index (χ2v) is 6.18. The number of ether oxygens (including phenoxy) is 2. The Bertz CT molecular complexity index is 857. The number of carbonyl (C=O) groups excluding carboxylic acids is 2. The van der Waals surface area contributed by atoms with Crippen LogP contribution >= 0.6 is 11.6 Å². The third-order valence-electron chi connectivity index (χ3n) is 3.49. The molecule has 2 rings (SSSR count). The fourth-order valence-corrected chi connectivity index (χ4v) is 2.34. The van der Waals surface area contributed by atoms with E-state index in [1.54, 1.807) is 38.4 Å². The number of hydrazone groups is 1. The number of rotatable bonds is 8. The topological polar surface area (TPSA) is 93.1 Å². The zero-order valence-electron chi connectivity index (χ0n) is 15.8. The molecule has 1 heterocycles. The Kier molecular flexibility index (Phi) is 7.76. The standard InChI is InChI=1S/C19H21ClN4O4/c1-4-27-16-10-13(9-15(20)18(16)28-12-17(25)24(2)3)11-22-23-19(26)14-5-7-21-8-6-14/h5-11H,4,12H2,1-3H3,(H,23,26)/b22-11-. The fraction of sp³-hybridized carbons (Fsp3) is 0.263. The first-order valence-electron chi connectivity index (χ1n) is 8.45. The first-order chi connectivity index (χ1) is 13.4. The van der Waals surface area contributed by atoms with E-state index in [1.807, 2.05) is 6.92 Å². The lowest BCUT2D eigenvalue weighted by molar-refractivity contribution is -0.130. The molecule has 0 aliphatic heterocycles. The van der Waals surface area contributed by atoms with E-state index in [4.69, 9.17) is 21.1 Å². The van der Waals surface area contributed by atoms with Crippen LogP contribution < -0.4 is 14.9 Å². The highest BCUT2D eigenvalue weighted by atomic mass is 35.5. The summed E-state index contributed by atoms with van der Waals surface area (Å²) in [6.45, 7) is 2.04. The predicted molar refractivity (Wildman–Crippen MR) is 106 cm³/mol. The van der Waals surface area contributed by atoms with Crippen molar-refractivity contribution in [3.8, 4) is 11.5 Å². The molecule has 0 radical (unpaired) electrons. The van der Waals surface area contributed by atoms with Crippen LogP contribution in [-0.2, 0) is 4.79 Å². The maximum atomic E-state index is 12.0. The van der Waals surface area contributed by atoms with E-state index >= 15 is 0 Å². The normalized spacial score (nSPS) is 10.6. The fourth-order valence-electron chi connectivity index (χ4n) is 2.06. The van der Waals surface area contributed by atoms with E-state index in [2.05, 4.69) is 15.5 Å². The number of aromatic nitrogens is 1. The van der Waals surface area contributed by atoms with Crippen LogP contribution in [0, 0.1) is 0 Å². The minimum Gasteiger partial charge on any atom is -0.490 e. The monoisotopic (exact) mass is 404 g/mol. The summed E-state index contributed by atoms with van der Waals surface area (Å²) in [6.07, 6.45) is 4.47. The number of hydrogen-bond acceptors (Lipinski definition) is 6. The van der Waals surface area contributed by atoms with Gasteiger partial charge < -0.3 is 14.4 Å². The summed E-state index contributed by atoms with van der Waals surface area (Å²) in [6, 6.07) is 6.42. The summed E-state index contributed by atoms with van der Waals surface area (Å²) in [4.78, 5) is 29.0.